The second-order valence-electron chi connectivity index (χ2n) is 5.21. The van der Waals surface area contributed by atoms with Crippen LogP contribution in [0.5, 0.6) is 0 Å². The Balaban J connectivity index is 2.16. The van der Waals surface area contributed by atoms with Crippen LogP contribution in [0.4, 0.5) is 0 Å². The number of hydrogen-bond donors (Lipinski definition) is 1. The van der Waals surface area contributed by atoms with Crippen LogP contribution < -0.4 is 5.73 Å². The molecule has 4 heteroatoms. The Hall–Kier alpha value is -1.84. The van der Waals surface area contributed by atoms with E-state index in [0.717, 1.165) is 40.1 Å². The minimum Gasteiger partial charge on any atom is -0.327 e. The molecule has 108 valence electrons. The van der Waals surface area contributed by atoms with Gasteiger partial charge in [0, 0.05) is 11.1 Å². The highest BCUT2D eigenvalue weighted by molar-refractivity contribution is 6.31. The predicted octanol–water partition coefficient (Wildman–Crippen LogP) is 3.96. The van der Waals surface area contributed by atoms with E-state index in [4.69, 9.17) is 17.3 Å². The number of fused-ring (bicyclic) bond motifs is 1. The van der Waals surface area contributed by atoms with Gasteiger partial charge in [-0.25, -0.2) is 4.98 Å². The van der Waals surface area contributed by atoms with E-state index in [1.54, 1.807) is 0 Å². The van der Waals surface area contributed by atoms with Gasteiger partial charge in [0.15, 0.2) is 0 Å². The van der Waals surface area contributed by atoms with E-state index in [-0.39, 0.29) is 6.04 Å². The monoisotopic (exact) mass is 299 g/mol. The van der Waals surface area contributed by atoms with Gasteiger partial charge >= 0.3 is 0 Å². The van der Waals surface area contributed by atoms with Crippen molar-refractivity contribution in [3.63, 3.8) is 0 Å². The lowest BCUT2D eigenvalue weighted by molar-refractivity contribution is 0.645. The average molecular weight is 300 g/mol. The van der Waals surface area contributed by atoms with Gasteiger partial charge in [-0.15, -0.1) is 0 Å². The molecule has 2 N–H and O–H groups in total. The molecule has 0 aliphatic carbocycles. The molecule has 2 aromatic carbocycles. The largest absolute Gasteiger partial charge is 0.327 e. The summed E-state index contributed by atoms with van der Waals surface area (Å²) in [6.45, 7) is 2.09. The SMILES string of the molecule is CCC(N)Cc1c(Cl)cccc1-n1cnc2ccccc21. The topological polar surface area (TPSA) is 43.8 Å². The summed E-state index contributed by atoms with van der Waals surface area (Å²) in [5, 5.41) is 0.759. The third-order valence-electron chi connectivity index (χ3n) is 3.80. The maximum atomic E-state index is 6.41. The zero-order valence-corrected chi connectivity index (χ0v) is 12.7. The number of nitrogens with two attached hydrogens (primary N) is 1. The highest BCUT2D eigenvalue weighted by Crippen LogP contribution is 2.27. The van der Waals surface area contributed by atoms with E-state index < -0.39 is 0 Å². The van der Waals surface area contributed by atoms with Crippen molar-refractivity contribution in [1.82, 2.24) is 9.55 Å². The highest BCUT2D eigenvalue weighted by atomic mass is 35.5. The lowest BCUT2D eigenvalue weighted by Crippen LogP contribution is -2.22. The van der Waals surface area contributed by atoms with Gasteiger partial charge in [0.25, 0.3) is 0 Å². The number of nitrogens with zero attached hydrogens (tertiary/aromatic N) is 2. The number of para-hydroxylation sites is 2. The van der Waals surface area contributed by atoms with Crippen LogP contribution in [0, 0.1) is 0 Å². The summed E-state index contributed by atoms with van der Waals surface area (Å²) in [5.74, 6) is 0. The van der Waals surface area contributed by atoms with Crippen LogP contribution in [0.15, 0.2) is 48.8 Å². The van der Waals surface area contributed by atoms with Gasteiger partial charge in [-0.3, -0.25) is 4.57 Å². The lowest BCUT2D eigenvalue weighted by atomic mass is 10.0. The van der Waals surface area contributed by atoms with E-state index in [9.17, 15) is 0 Å². The maximum Gasteiger partial charge on any atom is 0.100 e. The van der Waals surface area contributed by atoms with Crippen LogP contribution in [0.3, 0.4) is 0 Å². The van der Waals surface area contributed by atoms with Crippen molar-refractivity contribution in [2.24, 2.45) is 5.73 Å². The fourth-order valence-electron chi connectivity index (χ4n) is 2.53. The third-order valence-corrected chi connectivity index (χ3v) is 4.15. The first-order chi connectivity index (χ1) is 10.2. The zero-order chi connectivity index (χ0) is 14.8. The summed E-state index contributed by atoms with van der Waals surface area (Å²) in [6, 6.07) is 14.1. The molecule has 0 amide bonds. The minimum atomic E-state index is 0.110. The zero-order valence-electron chi connectivity index (χ0n) is 12.0. The van der Waals surface area contributed by atoms with Crippen molar-refractivity contribution in [3.8, 4) is 5.69 Å². The molecule has 3 aromatic rings. The van der Waals surface area contributed by atoms with Crippen molar-refractivity contribution < 1.29 is 0 Å². The molecule has 1 aromatic heterocycles. The summed E-state index contributed by atoms with van der Waals surface area (Å²) in [5.41, 5.74) is 10.3. The Bertz CT molecular complexity index is 764. The van der Waals surface area contributed by atoms with Gasteiger partial charge in [0.05, 0.1) is 16.7 Å². The second kappa shape index (κ2) is 5.88. The van der Waals surface area contributed by atoms with Gasteiger partial charge in [-0.1, -0.05) is 36.7 Å². The molecular weight excluding hydrogens is 282 g/mol. The Morgan fingerprint density at radius 1 is 1.19 bits per heavy atom. The standard InChI is InChI=1S/C17H18ClN3/c1-2-12(19)10-13-14(18)6-5-9-16(13)21-11-20-15-7-3-4-8-17(15)21/h3-9,11-12H,2,10,19H2,1H3. The van der Waals surface area contributed by atoms with Crippen LogP contribution >= 0.6 is 11.6 Å². The van der Waals surface area contributed by atoms with E-state index in [0.29, 0.717) is 0 Å². The van der Waals surface area contributed by atoms with Crippen LogP contribution in [0.2, 0.25) is 5.02 Å². The molecule has 0 aliphatic heterocycles. The molecule has 0 bridgehead atoms. The maximum absolute atomic E-state index is 6.41. The van der Waals surface area contributed by atoms with Crippen LogP contribution in [-0.2, 0) is 6.42 Å². The molecule has 0 radical (unpaired) electrons. The molecule has 0 spiro atoms. The Morgan fingerprint density at radius 2 is 2.00 bits per heavy atom. The Kier molecular flexibility index (Phi) is 3.95. The van der Waals surface area contributed by atoms with E-state index in [1.807, 2.05) is 36.7 Å². The average Bonchev–Trinajstić information content (AvgIpc) is 2.93. The number of rotatable bonds is 4. The van der Waals surface area contributed by atoms with Gasteiger partial charge < -0.3 is 5.73 Å². The number of hydrogen-bond acceptors (Lipinski definition) is 2. The normalized spacial score (nSPS) is 12.7. The summed E-state index contributed by atoms with van der Waals surface area (Å²) < 4.78 is 2.08. The first-order valence-corrected chi connectivity index (χ1v) is 7.54. The van der Waals surface area contributed by atoms with Gasteiger partial charge in [0.2, 0.25) is 0 Å². The van der Waals surface area contributed by atoms with Gasteiger partial charge in [-0.2, -0.15) is 0 Å². The van der Waals surface area contributed by atoms with E-state index in [2.05, 4.69) is 28.6 Å². The molecule has 21 heavy (non-hydrogen) atoms. The molecular formula is C17H18ClN3. The van der Waals surface area contributed by atoms with Gasteiger partial charge in [-0.05, 0) is 42.7 Å². The molecule has 1 atom stereocenters. The van der Waals surface area contributed by atoms with E-state index >= 15 is 0 Å². The Morgan fingerprint density at radius 3 is 2.81 bits per heavy atom. The van der Waals surface area contributed by atoms with Crippen molar-refractivity contribution in [2.45, 2.75) is 25.8 Å². The first kappa shape index (κ1) is 14.1. The van der Waals surface area contributed by atoms with Crippen molar-refractivity contribution >= 4 is 22.6 Å². The molecule has 3 nitrogen and oxygen atoms in total. The second-order valence-corrected chi connectivity index (χ2v) is 5.62. The summed E-state index contributed by atoms with van der Waals surface area (Å²) in [6.07, 6.45) is 3.53. The minimum absolute atomic E-state index is 0.110. The fourth-order valence-corrected chi connectivity index (χ4v) is 2.78. The number of halogens is 1. The molecule has 1 heterocycles. The molecule has 0 fully saturated rings. The van der Waals surface area contributed by atoms with Crippen LogP contribution in [0.1, 0.15) is 18.9 Å². The summed E-state index contributed by atoms with van der Waals surface area (Å²) >= 11 is 6.41. The molecule has 0 saturated heterocycles. The molecule has 0 aliphatic rings. The quantitative estimate of drug-likeness (QED) is 0.792. The van der Waals surface area contributed by atoms with Crippen molar-refractivity contribution in [3.05, 3.63) is 59.4 Å². The molecule has 0 saturated carbocycles. The summed E-state index contributed by atoms with van der Waals surface area (Å²) in [4.78, 5) is 4.45. The third kappa shape index (κ3) is 2.67. The smallest absolute Gasteiger partial charge is 0.100 e. The highest BCUT2D eigenvalue weighted by Gasteiger charge is 2.13. The number of benzene rings is 2. The molecule has 3 rings (SSSR count). The lowest BCUT2D eigenvalue weighted by Gasteiger charge is -2.16. The number of aromatic nitrogens is 2. The molecule has 1 unspecified atom stereocenters. The van der Waals surface area contributed by atoms with Crippen LogP contribution in [-0.4, -0.2) is 15.6 Å². The van der Waals surface area contributed by atoms with E-state index in [1.165, 1.54) is 0 Å². The first-order valence-electron chi connectivity index (χ1n) is 7.16. The van der Waals surface area contributed by atoms with Crippen molar-refractivity contribution in [2.75, 3.05) is 0 Å². The summed E-state index contributed by atoms with van der Waals surface area (Å²) in [7, 11) is 0. The fraction of sp³-hybridized carbons (Fsp3) is 0.235. The predicted molar refractivity (Wildman–Crippen MR) is 88.1 cm³/mol. The van der Waals surface area contributed by atoms with Crippen molar-refractivity contribution in [1.29, 1.82) is 0 Å². The van der Waals surface area contributed by atoms with Gasteiger partial charge in [0.1, 0.15) is 6.33 Å². The van der Waals surface area contributed by atoms with Crippen LogP contribution in [0.25, 0.3) is 16.7 Å². The Labute approximate surface area is 129 Å². The number of imidazole rings is 1.